The Morgan fingerprint density at radius 3 is 2.30 bits per heavy atom. The summed E-state index contributed by atoms with van der Waals surface area (Å²) in [7, 11) is 0. The highest BCUT2D eigenvalue weighted by Crippen LogP contribution is 2.19. The van der Waals surface area contributed by atoms with Gasteiger partial charge in [0.05, 0.1) is 5.69 Å². The monoisotopic (exact) mass is 322 g/mol. The molecule has 0 saturated heterocycles. The van der Waals surface area contributed by atoms with Gasteiger partial charge in [0.2, 0.25) is 0 Å². The Balaban J connectivity index is 1.90. The lowest BCUT2D eigenvalue weighted by Gasteiger charge is -2.12. The van der Waals surface area contributed by atoms with Crippen LogP contribution in [0.1, 0.15) is 5.56 Å². The van der Waals surface area contributed by atoms with Gasteiger partial charge in [0.1, 0.15) is 0 Å². The lowest BCUT2D eigenvalue weighted by Crippen LogP contribution is -2.23. The van der Waals surface area contributed by atoms with Crippen LogP contribution in [0.5, 0.6) is 0 Å². The van der Waals surface area contributed by atoms with E-state index < -0.39 is 0 Å². The summed E-state index contributed by atoms with van der Waals surface area (Å²) in [6.45, 7) is 0.640. The summed E-state index contributed by atoms with van der Waals surface area (Å²) in [6, 6.07) is 21.6. The third-order valence-corrected chi connectivity index (χ3v) is 4.37. The van der Waals surface area contributed by atoms with Crippen molar-refractivity contribution in [2.24, 2.45) is 0 Å². The Morgan fingerprint density at radius 2 is 1.65 bits per heavy atom. The van der Waals surface area contributed by atoms with Crippen molar-refractivity contribution in [3.8, 4) is 11.3 Å². The molecule has 0 radical (unpaired) electrons. The minimum Gasteiger partial charge on any atom is -0.287 e. The lowest BCUT2D eigenvalue weighted by atomic mass is 10.1. The number of benzene rings is 2. The van der Waals surface area contributed by atoms with Crippen LogP contribution in [-0.4, -0.2) is 15.8 Å². The number of nitrogens with zero attached hydrogens (tertiary/aromatic N) is 2. The van der Waals surface area contributed by atoms with Crippen molar-refractivity contribution in [1.29, 1.82) is 0 Å². The largest absolute Gasteiger partial charge is 0.287 e. The molecule has 0 bridgehead atoms. The highest BCUT2D eigenvalue weighted by atomic mass is 32.2. The summed E-state index contributed by atoms with van der Waals surface area (Å²) in [5.74, 6) is 0. The number of thioether (sulfide) groups is 1. The van der Waals surface area contributed by atoms with Crippen LogP contribution in [-0.2, 0) is 13.0 Å². The number of hydrogen-bond donors (Lipinski definition) is 0. The van der Waals surface area contributed by atoms with E-state index in [0.717, 1.165) is 22.8 Å². The van der Waals surface area contributed by atoms with E-state index in [4.69, 9.17) is 0 Å². The molecule has 0 fully saturated rings. The quantitative estimate of drug-likeness (QED) is 0.528. The Hall–Kier alpha value is -2.33. The van der Waals surface area contributed by atoms with Gasteiger partial charge >= 0.3 is 0 Å². The molecule has 0 aliphatic heterocycles. The summed E-state index contributed by atoms with van der Waals surface area (Å²) < 4.78 is 1.75. The fourth-order valence-electron chi connectivity index (χ4n) is 2.49. The molecule has 2 aromatic carbocycles. The lowest BCUT2D eigenvalue weighted by molar-refractivity contribution is 0.588. The number of aromatic nitrogens is 2. The van der Waals surface area contributed by atoms with Crippen LogP contribution in [0.25, 0.3) is 11.3 Å². The summed E-state index contributed by atoms with van der Waals surface area (Å²) in [5, 5.41) is 0.757. The van der Waals surface area contributed by atoms with Crippen molar-refractivity contribution < 1.29 is 0 Å². The summed E-state index contributed by atoms with van der Waals surface area (Å²) in [5.41, 5.74) is 2.92. The second kappa shape index (κ2) is 7.29. The van der Waals surface area contributed by atoms with Gasteiger partial charge in [-0.2, -0.15) is 0 Å². The zero-order valence-electron chi connectivity index (χ0n) is 13.0. The van der Waals surface area contributed by atoms with Crippen molar-refractivity contribution in [2.45, 2.75) is 18.1 Å². The van der Waals surface area contributed by atoms with E-state index in [1.54, 1.807) is 10.6 Å². The zero-order valence-corrected chi connectivity index (χ0v) is 13.8. The van der Waals surface area contributed by atoms with Crippen LogP contribution in [0.15, 0.2) is 76.7 Å². The molecule has 0 N–H and O–H groups in total. The second-order valence-corrected chi connectivity index (χ2v) is 5.99. The van der Waals surface area contributed by atoms with Crippen molar-refractivity contribution in [3.63, 3.8) is 0 Å². The van der Waals surface area contributed by atoms with Gasteiger partial charge in [0, 0.05) is 18.2 Å². The highest BCUT2D eigenvalue weighted by molar-refractivity contribution is 7.98. The predicted octanol–water partition coefficient (Wildman–Crippen LogP) is 3.87. The van der Waals surface area contributed by atoms with Crippen LogP contribution < -0.4 is 5.56 Å². The molecule has 3 aromatic rings. The second-order valence-electron chi connectivity index (χ2n) is 5.22. The average molecular weight is 322 g/mol. The van der Waals surface area contributed by atoms with Gasteiger partial charge in [-0.05, 0) is 18.2 Å². The molecule has 0 aliphatic rings. The normalized spacial score (nSPS) is 10.7. The van der Waals surface area contributed by atoms with E-state index in [2.05, 4.69) is 17.1 Å². The molecule has 1 heterocycles. The van der Waals surface area contributed by atoms with E-state index in [0.29, 0.717) is 6.54 Å². The summed E-state index contributed by atoms with van der Waals surface area (Å²) in [4.78, 5) is 17.2. The van der Waals surface area contributed by atoms with E-state index in [1.807, 2.05) is 54.8 Å². The minimum absolute atomic E-state index is 0.000802. The van der Waals surface area contributed by atoms with Crippen LogP contribution >= 0.6 is 11.8 Å². The molecule has 0 unspecified atom stereocenters. The zero-order chi connectivity index (χ0) is 16.1. The SMILES string of the molecule is CSc1nc(-c2ccccc2)cc(=O)n1CCc1ccccc1. The first kappa shape index (κ1) is 15.6. The fourth-order valence-corrected chi connectivity index (χ4v) is 3.08. The topological polar surface area (TPSA) is 34.9 Å². The summed E-state index contributed by atoms with van der Waals surface area (Å²) >= 11 is 1.51. The van der Waals surface area contributed by atoms with Crippen LogP contribution in [0.3, 0.4) is 0 Å². The molecule has 23 heavy (non-hydrogen) atoms. The molecule has 116 valence electrons. The Bertz CT molecular complexity index is 829. The van der Waals surface area contributed by atoms with Crippen molar-refractivity contribution in [3.05, 3.63) is 82.6 Å². The van der Waals surface area contributed by atoms with E-state index in [9.17, 15) is 4.79 Å². The number of aryl methyl sites for hydroxylation is 1. The van der Waals surface area contributed by atoms with Crippen LogP contribution in [0.4, 0.5) is 0 Å². The van der Waals surface area contributed by atoms with Crippen LogP contribution in [0, 0.1) is 0 Å². The molecule has 0 aliphatic carbocycles. The minimum atomic E-state index is -0.000802. The van der Waals surface area contributed by atoms with Gasteiger partial charge in [0.15, 0.2) is 5.16 Å². The molecule has 0 amide bonds. The first-order chi connectivity index (χ1) is 11.3. The predicted molar refractivity (Wildman–Crippen MR) is 95.9 cm³/mol. The van der Waals surface area contributed by atoms with Crippen molar-refractivity contribution >= 4 is 11.8 Å². The number of hydrogen-bond acceptors (Lipinski definition) is 3. The van der Waals surface area contributed by atoms with E-state index >= 15 is 0 Å². The maximum Gasteiger partial charge on any atom is 0.254 e. The molecule has 0 spiro atoms. The van der Waals surface area contributed by atoms with Gasteiger partial charge in [0.25, 0.3) is 5.56 Å². The highest BCUT2D eigenvalue weighted by Gasteiger charge is 2.09. The number of rotatable bonds is 5. The fraction of sp³-hybridized carbons (Fsp3) is 0.158. The smallest absolute Gasteiger partial charge is 0.254 e. The van der Waals surface area contributed by atoms with Crippen molar-refractivity contribution in [2.75, 3.05) is 6.26 Å². The Kier molecular flexibility index (Phi) is 4.93. The molecule has 0 saturated carbocycles. The molecular formula is C19H18N2OS. The van der Waals surface area contributed by atoms with Crippen molar-refractivity contribution in [1.82, 2.24) is 9.55 Å². The maximum absolute atomic E-state index is 12.5. The third-order valence-electron chi connectivity index (χ3n) is 3.69. The van der Waals surface area contributed by atoms with E-state index in [1.165, 1.54) is 17.3 Å². The molecular weight excluding hydrogens is 304 g/mol. The maximum atomic E-state index is 12.5. The van der Waals surface area contributed by atoms with E-state index in [-0.39, 0.29) is 5.56 Å². The first-order valence-corrected chi connectivity index (χ1v) is 8.75. The Morgan fingerprint density at radius 1 is 1.00 bits per heavy atom. The van der Waals surface area contributed by atoms with Gasteiger partial charge in [-0.25, -0.2) is 4.98 Å². The molecule has 1 aromatic heterocycles. The summed E-state index contributed by atoms with van der Waals surface area (Å²) in [6.07, 6.45) is 2.77. The standard InChI is InChI=1S/C19H18N2OS/c1-23-19-20-17(16-10-6-3-7-11-16)14-18(22)21(19)13-12-15-8-4-2-5-9-15/h2-11,14H,12-13H2,1H3. The van der Waals surface area contributed by atoms with Gasteiger partial charge in [-0.3, -0.25) is 9.36 Å². The molecule has 3 nitrogen and oxygen atoms in total. The van der Waals surface area contributed by atoms with Gasteiger partial charge in [-0.15, -0.1) is 0 Å². The molecule has 0 atom stereocenters. The average Bonchev–Trinajstić information content (AvgIpc) is 2.61. The van der Waals surface area contributed by atoms with Gasteiger partial charge in [-0.1, -0.05) is 72.4 Å². The van der Waals surface area contributed by atoms with Crippen LogP contribution in [0.2, 0.25) is 0 Å². The molecule has 3 rings (SSSR count). The third kappa shape index (κ3) is 3.71. The molecule has 4 heteroatoms. The van der Waals surface area contributed by atoms with Gasteiger partial charge < -0.3 is 0 Å². The first-order valence-electron chi connectivity index (χ1n) is 7.53. The Labute approximate surface area is 140 Å².